The first-order valence-corrected chi connectivity index (χ1v) is 8.58. The first-order chi connectivity index (χ1) is 12.6. The average molecular weight is 349 g/mol. The van der Waals surface area contributed by atoms with Gasteiger partial charge in [0.25, 0.3) is 5.91 Å². The summed E-state index contributed by atoms with van der Waals surface area (Å²) in [5, 5.41) is 6.83. The van der Waals surface area contributed by atoms with Crippen LogP contribution in [0.4, 0.5) is 0 Å². The van der Waals surface area contributed by atoms with Crippen LogP contribution in [0.3, 0.4) is 0 Å². The van der Waals surface area contributed by atoms with Crippen molar-refractivity contribution < 1.29 is 9.32 Å². The van der Waals surface area contributed by atoms with Crippen molar-refractivity contribution >= 4 is 5.91 Å². The molecule has 1 atom stereocenters. The largest absolute Gasteiger partial charge is 0.355 e. The maximum atomic E-state index is 12.7. The van der Waals surface area contributed by atoms with E-state index in [0.717, 1.165) is 5.56 Å². The van der Waals surface area contributed by atoms with Crippen LogP contribution in [0.5, 0.6) is 0 Å². The molecular weight excluding hydrogens is 326 g/mol. The van der Waals surface area contributed by atoms with Gasteiger partial charge in [0.1, 0.15) is 5.56 Å². The van der Waals surface area contributed by atoms with Crippen LogP contribution in [0.1, 0.15) is 27.5 Å². The Kier molecular flexibility index (Phi) is 5.49. The zero-order valence-corrected chi connectivity index (χ0v) is 15.3. The van der Waals surface area contributed by atoms with Crippen LogP contribution < -0.4 is 5.32 Å². The van der Waals surface area contributed by atoms with E-state index in [1.165, 1.54) is 17.3 Å². The van der Waals surface area contributed by atoms with Gasteiger partial charge in [-0.2, -0.15) is 0 Å². The molecule has 1 N–H and O–H groups in total. The Bertz CT molecular complexity index is 872. The first kappa shape index (κ1) is 17.9. The topological polar surface area (TPSA) is 58.4 Å². The SMILES string of the molecule is Cc1ccccc1C(CNC(=O)c1cnoc1-c1ccccc1)N(C)C. The molecule has 0 fully saturated rings. The van der Waals surface area contributed by atoms with Gasteiger partial charge < -0.3 is 14.7 Å². The molecule has 1 heterocycles. The van der Waals surface area contributed by atoms with E-state index < -0.39 is 0 Å². The minimum atomic E-state index is -0.189. The van der Waals surface area contributed by atoms with Crippen molar-refractivity contribution in [2.75, 3.05) is 20.6 Å². The van der Waals surface area contributed by atoms with Gasteiger partial charge in [-0.05, 0) is 32.1 Å². The lowest BCUT2D eigenvalue weighted by molar-refractivity contribution is 0.0942. The molecule has 5 nitrogen and oxygen atoms in total. The number of amides is 1. The number of carbonyl (C=O) groups is 1. The van der Waals surface area contributed by atoms with Crippen LogP contribution in [-0.4, -0.2) is 36.6 Å². The van der Waals surface area contributed by atoms with E-state index in [2.05, 4.69) is 34.4 Å². The van der Waals surface area contributed by atoms with Gasteiger partial charge in [-0.25, -0.2) is 0 Å². The van der Waals surface area contributed by atoms with Gasteiger partial charge in [0.2, 0.25) is 0 Å². The van der Waals surface area contributed by atoms with Crippen molar-refractivity contribution in [2.24, 2.45) is 0 Å². The van der Waals surface area contributed by atoms with Crippen LogP contribution in [0.15, 0.2) is 65.3 Å². The molecule has 1 amide bonds. The van der Waals surface area contributed by atoms with Gasteiger partial charge in [0.15, 0.2) is 5.76 Å². The molecule has 1 unspecified atom stereocenters. The highest BCUT2D eigenvalue weighted by Gasteiger charge is 2.21. The Labute approximate surface area is 153 Å². The summed E-state index contributed by atoms with van der Waals surface area (Å²) >= 11 is 0. The molecule has 134 valence electrons. The lowest BCUT2D eigenvalue weighted by Gasteiger charge is -2.26. The van der Waals surface area contributed by atoms with Gasteiger partial charge in [-0.1, -0.05) is 59.8 Å². The zero-order valence-electron chi connectivity index (χ0n) is 15.3. The molecule has 5 heteroatoms. The number of carbonyl (C=O) groups excluding carboxylic acids is 1. The van der Waals surface area contributed by atoms with Crippen molar-refractivity contribution in [3.05, 3.63) is 77.5 Å². The predicted molar refractivity (Wildman–Crippen MR) is 102 cm³/mol. The molecule has 0 aliphatic heterocycles. The normalized spacial score (nSPS) is 12.2. The van der Waals surface area contributed by atoms with Crippen molar-refractivity contribution in [3.63, 3.8) is 0 Å². The number of benzene rings is 2. The Hall–Kier alpha value is -2.92. The number of hydrogen-bond donors (Lipinski definition) is 1. The molecule has 26 heavy (non-hydrogen) atoms. The van der Waals surface area contributed by atoms with Crippen LogP contribution in [0, 0.1) is 6.92 Å². The van der Waals surface area contributed by atoms with Crippen molar-refractivity contribution in [1.82, 2.24) is 15.4 Å². The highest BCUT2D eigenvalue weighted by Crippen LogP contribution is 2.24. The quantitative estimate of drug-likeness (QED) is 0.737. The lowest BCUT2D eigenvalue weighted by atomic mass is 10.0. The Morgan fingerprint density at radius 2 is 1.81 bits per heavy atom. The fourth-order valence-corrected chi connectivity index (χ4v) is 3.02. The lowest BCUT2D eigenvalue weighted by Crippen LogP contribution is -2.35. The third-order valence-electron chi connectivity index (χ3n) is 4.48. The maximum absolute atomic E-state index is 12.7. The summed E-state index contributed by atoms with van der Waals surface area (Å²) in [5.74, 6) is 0.297. The fraction of sp³-hybridized carbons (Fsp3) is 0.238. The van der Waals surface area contributed by atoms with Gasteiger partial charge in [-0.15, -0.1) is 0 Å². The molecule has 3 aromatic rings. The van der Waals surface area contributed by atoms with Gasteiger partial charge in [0, 0.05) is 12.1 Å². The van der Waals surface area contributed by atoms with Gasteiger partial charge in [0.05, 0.1) is 12.2 Å². The Balaban J connectivity index is 1.77. The van der Waals surface area contributed by atoms with Crippen LogP contribution in [-0.2, 0) is 0 Å². The highest BCUT2D eigenvalue weighted by atomic mass is 16.5. The number of aromatic nitrogens is 1. The average Bonchev–Trinajstić information content (AvgIpc) is 3.13. The minimum Gasteiger partial charge on any atom is -0.355 e. The third kappa shape index (κ3) is 3.83. The molecule has 1 aromatic heterocycles. The van der Waals surface area contributed by atoms with Crippen molar-refractivity contribution in [1.29, 1.82) is 0 Å². The number of rotatable bonds is 6. The third-order valence-corrected chi connectivity index (χ3v) is 4.48. The summed E-state index contributed by atoms with van der Waals surface area (Å²) in [6.45, 7) is 2.58. The van der Waals surface area contributed by atoms with E-state index in [9.17, 15) is 4.79 Å². The number of aryl methyl sites for hydroxylation is 1. The summed E-state index contributed by atoms with van der Waals surface area (Å²) in [4.78, 5) is 14.8. The van der Waals surface area contributed by atoms with E-state index >= 15 is 0 Å². The van der Waals surface area contributed by atoms with Crippen LogP contribution >= 0.6 is 0 Å². The number of likely N-dealkylation sites (N-methyl/N-ethyl adjacent to an activating group) is 1. The standard InChI is InChI=1S/C21H23N3O2/c1-15-9-7-8-12-17(15)19(24(2)3)14-22-21(25)18-13-23-26-20(18)16-10-5-4-6-11-16/h4-13,19H,14H2,1-3H3,(H,22,25). The Morgan fingerprint density at radius 3 is 2.50 bits per heavy atom. The molecule has 0 saturated heterocycles. The van der Waals surface area contributed by atoms with E-state index in [0.29, 0.717) is 17.9 Å². The molecule has 3 rings (SSSR count). The second-order valence-corrected chi connectivity index (χ2v) is 6.48. The van der Waals surface area contributed by atoms with E-state index in [1.807, 2.05) is 56.6 Å². The molecule has 0 radical (unpaired) electrons. The molecule has 0 aliphatic rings. The smallest absolute Gasteiger partial charge is 0.256 e. The molecule has 0 saturated carbocycles. The van der Waals surface area contributed by atoms with Crippen LogP contribution in [0.25, 0.3) is 11.3 Å². The summed E-state index contributed by atoms with van der Waals surface area (Å²) in [7, 11) is 4.02. The zero-order chi connectivity index (χ0) is 18.5. The summed E-state index contributed by atoms with van der Waals surface area (Å²) < 4.78 is 5.31. The number of nitrogens with zero attached hydrogens (tertiary/aromatic N) is 2. The second-order valence-electron chi connectivity index (χ2n) is 6.48. The van der Waals surface area contributed by atoms with E-state index in [4.69, 9.17) is 4.52 Å². The van der Waals surface area contributed by atoms with Gasteiger partial charge in [-0.3, -0.25) is 4.79 Å². The van der Waals surface area contributed by atoms with E-state index in [-0.39, 0.29) is 11.9 Å². The fourth-order valence-electron chi connectivity index (χ4n) is 3.02. The molecule has 2 aromatic carbocycles. The number of nitrogens with one attached hydrogen (secondary N) is 1. The summed E-state index contributed by atoms with van der Waals surface area (Å²) in [6, 6.07) is 17.8. The van der Waals surface area contributed by atoms with E-state index in [1.54, 1.807) is 0 Å². The molecular formula is C21H23N3O2. The molecule has 0 bridgehead atoms. The van der Waals surface area contributed by atoms with Crippen molar-refractivity contribution in [3.8, 4) is 11.3 Å². The maximum Gasteiger partial charge on any atom is 0.256 e. The van der Waals surface area contributed by atoms with Crippen LogP contribution in [0.2, 0.25) is 0 Å². The molecule has 0 aliphatic carbocycles. The Morgan fingerprint density at radius 1 is 1.12 bits per heavy atom. The second kappa shape index (κ2) is 7.97. The summed E-state index contributed by atoms with van der Waals surface area (Å²) in [6.07, 6.45) is 1.47. The number of hydrogen-bond acceptors (Lipinski definition) is 4. The monoisotopic (exact) mass is 349 g/mol. The van der Waals surface area contributed by atoms with Gasteiger partial charge >= 0.3 is 0 Å². The summed E-state index contributed by atoms with van der Waals surface area (Å²) in [5.41, 5.74) is 3.68. The predicted octanol–water partition coefficient (Wildman–Crippen LogP) is 3.68. The van der Waals surface area contributed by atoms with Crippen molar-refractivity contribution in [2.45, 2.75) is 13.0 Å². The minimum absolute atomic E-state index is 0.0835. The first-order valence-electron chi connectivity index (χ1n) is 8.58. The molecule has 0 spiro atoms. The highest BCUT2D eigenvalue weighted by molar-refractivity contribution is 5.99.